The average molecular weight is 590 g/mol. The molecule has 0 saturated heterocycles. The van der Waals surface area contributed by atoms with Gasteiger partial charge in [0.25, 0.3) is 0 Å². The Morgan fingerprint density at radius 2 is 1.17 bits per heavy atom. The Kier molecular flexibility index (Phi) is 5.45. The van der Waals surface area contributed by atoms with Gasteiger partial charge >= 0.3 is 0 Å². The van der Waals surface area contributed by atoms with Gasteiger partial charge in [0, 0.05) is 33.3 Å². The quantitative estimate of drug-likeness (QED) is 0.206. The molecule has 0 amide bonds. The third-order valence-electron chi connectivity index (χ3n) is 9.38. The first-order valence-electron chi connectivity index (χ1n) is 15.5. The van der Waals surface area contributed by atoms with Crippen LogP contribution in [-0.2, 0) is 0 Å². The maximum atomic E-state index is 9.94. The predicted molar refractivity (Wildman–Crippen MR) is 187 cm³/mol. The molecule has 0 radical (unpaired) electrons. The molecule has 0 fully saturated rings. The molecule has 8 aromatic rings. The fourth-order valence-electron chi connectivity index (χ4n) is 7.44. The van der Waals surface area contributed by atoms with Gasteiger partial charge in [-0.25, -0.2) is 0 Å². The second kappa shape index (κ2) is 9.60. The number of aromatic nitrogens is 2. The zero-order chi connectivity index (χ0) is 31.1. The SMILES string of the molecule is CC(C)N1c2ccc(C#N)cc2-n2c3cc4c5ccccc5n(-c5ccccc5)c4cc3c3cc(-c4ccc(C#N)cc4)cc1c32. The third-order valence-corrected chi connectivity index (χ3v) is 9.38. The summed E-state index contributed by atoms with van der Waals surface area (Å²) < 4.78 is 4.73. The topological polar surface area (TPSA) is 60.7 Å². The van der Waals surface area contributed by atoms with E-state index in [1.807, 2.05) is 36.4 Å². The summed E-state index contributed by atoms with van der Waals surface area (Å²) in [6.45, 7) is 4.42. The van der Waals surface area contributed by atoms with E-state index in [4.69, 9.17) is 0 Å². The van der Waals surface area contributed by atoms with Gasteiger partial charge in [0.05, 0.1) is 62.4 Å². The van der Waals surface area contributed by atoms with Crippen molar-refractivity contribution in [2.45, 2.75) is 19.9 Å². The summed E-state index contributed by atoms with van der Waals surface area (Å²) in [6, 6.07) is 47.1. The Morgan fingerprint density at radius 3 is 1.91 bits per heavy atom. The summed E-state index contributed by atoms with van der Waals surface area (Å²) >= 11 is 0. The van der Waals surface area contributed by atoms with Crippen molar-refractivity contribution in [2.75, 3.05) is 4.90 Å². The fourth-order valence-corrected chi connectivity index (χ4v) is 7.44. The van der Waals surface area contributed by atoms with Crippen LogP contribution in [-0.4, -0.2) is 15.2 Å². The lowest BCUT2D eigenvalue weighted by molar-refractivity contribution is 0.781. The first-order chi connectivity index (χ1) is 22.6. The molecule has 5 heteroatoms. The van der Waals surface area contributed by atoms with Gasteiger partial charge in [-0.3, -0.25) is 0 Å². The molecule has 46 heavy (non-hydrogen) atoms. The van der Waals surface area contributed by atoms with Crippen molar-refractivity contribution in [2.24, 2.45) is 0 Å². The van der Waals surface area contributed by atoms with Crippen LogP contribution in [0.25, 0.3) is 66.1 Å². The molecule has 3 heterocycles. The molecule has 0 N–H and O–H groups in total. The van der Waals surface area contributed by atoms with Gasteiger partial charge in [0.1, 0.15) is 0 Å². The van der Waals surface area contributed by atoms with E-state index in [0.29, 0.717) is 11.1 Å². The van der Waals surface area contributed by atoms with Crippen molar-refractivity contribution in [3.8, 4) is 34.6 Å². The van der Waals surface area contributed by atoms with Crippen LogP contribution < -0.4 is 4.90 Å². The standard InChI is InChI=1S/C41H27N5/c1-25(2)44-36-17-14-27(24-43)18-39(36)46-38-21-32-31-10-6-7-11-35(31)45(30-8-4-3-5-9-30)37(32)22-33(38)34-19-29(20-40(44)41(34)46)28-15-12-26(23-42)13-16-28/h3-22,25H,1-2H3. The second-order valence-corrected chi connectivity index (χ2v) is 12.3. The van der Waals surface area contributed by atoms with Crippen molar-refractivity contribution in [1.82, 2.24) is 9.13 Å². The zero-order valence-electron chi connectivity index (χ0n) is 25.4. The highest BCUT2D eigenvalue weighted by Crippen LogP contribution is 2.50. The average Bonchev–Trinajstić information content (AvgIpc) is 3.60. The highest BCUT2D eigenvalue weighted by molar-refractivity contribution is 6.22. The number of hydrogen-bond donors (Lipinski definition) is 0. The molecule has 2 aromatic heterocycles. The summed E-state index contributed by atoms with van der Waals surface area (Å²) in [6.07, 6.45) is 0. The first kappa shape index (κ1) is 26.1. The Labute approximate surface area is 266 Å². The number of hydrogen-bond acceptors (Lipinski definition) is 3. The van der Waals surface area contributed by atoms with Crippen LogP contribution >= 0.6 is 0 Å². The summed E-state index contributed by atoms with van der Waals surface area (Å²) in [5.74, 6) is 0. The number of rotatable bonds is 3. The number of nitriles is 2. The summed E-state index contributed by atoms with van der Waals surface area (Å²) in [5.41, 5.74) is 12.3. The Morgan fingerprint density at radius 1 is 0.500 bits per heavy atom. The molecule has 5 nitrogen and oxygen atoms in total. The van der Waals surface area contributed by atoms with Gasteiger partial charge in [0.2, 0.25) is 0 Å². The number of para-hydroxylation sites is 2. The van der Waals surface area contributed by atoms with E-state index in [0.717, 1.165) is 66.7 Å². The smallest absolute Gasteiger partial charge is 0.0992 e. The van der Waals surface area contributed by atoms with Gasteiger partial charge < -0.3 is 14.0 Å². The van der Waals surface area contributed by atoms with E-state index in [-0.39, 0.29) is 6.04 Å². The molecule has 1 aliphatic heterocycles. The van der Waals surface area contributed by atoms with E-state index in [2.05, 4.69) is 125 Å². The maximum Gasteiger partial charge on any atom is 0.0992 e. The molecule has 0 bridgehead atoms. The summed E-state index contributed by atoms with van der Waals surface area (Å²) in [5, 5.41) is 24.1. The molecule has 0 atom stereocenters. The molecule has 1 aliphatic rings. The number of nitrogens with zero attached hydrogens (tertiary/aromatic N) is 5. The van der Waals surface area contributed by atoms with E-state index in [9.17, 15) is 10.5 Å². The lowest BCUT2D eigenvalue weighted by Crippen LogP contribution is -2.29. The number of benzene rings is 6. The van der Waals surface area contributed by atoms with Gasteiger partial charge in [-0.1, -0.05) is 48.5 Å². The Hall–Kier alpha value is -6.30. The van der Waals surface area contributed by atoms with Crippen LogP contribution in [0.3, 0.4) is 0 Å². The minimum atomic E-state index is 0.170. The molecular weight excluding hydrogens is 562 g/mol. The normalized spacial score (nSPS) is 12.2. The van der Waals surface area contributed by atoms with E-state index in [1.54, 1.807) is 0 Å². The number of anilines is 2. The molecule has 0 aliphatic carbocycles. The molecular formula is C41H27N5. The Balaban J connectivity index is 1.48. The van der Waals surface area contributed by atoms with Crippen molar-refractivity contribution < 1.29 is 0 Å². The molecule has 0 saturated carbocycles. The van der Waals surface area contributed by atoms with Crippen LogP contribution in [0, 0.1) is 22.7 Å². The molecule has 6 aromatic carbocycles. The van der Waals surface area contributed by atoms with Crippen molar-refractivity contribution in [1.29, 1.82) is 10.5 Å². The first-order valence-corrected chi connectivity index (χ1v) is 15.5. The Bertz CT molecular complexity index is 2620. The number of fused-ring (bicyclic) bond motifs is 8. The van der Waals surface area contributed by atoms with E-state index in [1.165, 1.54) is 10.8 Å². The van der Waals surface area contributed by atoms with Crippen LogP contribution in [0.2, 0.25) is 0 Å². The van der Waals surface area contributed by atoms with Crippen LogP contribution in [0.1, 0.15) is 25.0 Å². The lowest BCUT2D eigenvalue weighted by Gasteiger charge is -2.36. The monoisotopic (exact) mass is 589 g/mol. The van der Waals surface area contributed by atoms with Gasteiger partial charge in [-0.2, -0.15) is 10.5 Å². The maximum absolute atomic E-state index is 9.94. The predicted octanol–water partition coefficient (Wildman–Crippen LogP) is 10.2. The minimum Gasteiger partial charge on any atom is -0.335 e. The zero-order valence-corrected chi connectivity index (χ0v) is 25.4. The summed E-state index contributed by atoms with van der Waals surface area (Å²) in [4.78, 5) is 2.39. The van der Waals surface area contributed by atoms with Crippen LogP contribution in [0.15, 0.2) is 121 Å². The van der Waals surface area contributed by atoms with Crippen molar-refractivity contribution in [3.63, 3.8) is 0 Å². The van der Waals surface area contributed by atoms with Gasteiger partial charge in [-0.05, 0) is 97.8 Å². The molecule has 216 valence electrons. The van der Waals surface area contributed by atoms with Crippen molar-refractivity contribution in [3.05, 3.63) is 132 Å². The van der Waals surface area contributed by atoms with Gasteiger partial charge in [-0.15, -0.1) is 0 Å². The minimum absolute atomic E-state index is 0.170. The lowest BCUT2D eigenvalue weighted by atomic mass is 9.98. The van der Waals surface area contributed by atoms with E-state index >= 15 is 0 Å². The third kappa shape index (κ3) is 3.54. The highest BCUT2D eigenvalue weighted by atomic mass is 15.2. The fraction of sp³-hybridized carbons (Fsp3) is 0.0732. The highest BCUT2D eigenvalue weighted by Gasteiger charge is 2.31. The van der Waals surface area contributed by atoms with E-state index < -0.39 is 0 Å². The molecule has 0 spiro atoms. The largest absolute Gasteiger partial charge is 0.335 e. The van der Waals surface area contributed by atoms with Gasteiger partial charge in [0.15, 0.2) is 0 Å². The summed E-state index contributed by atoms with van der Waals surface area (Å²) in [7, 11) is 0. The van der Waals surface area contributed by atoms with Crippen LogP contribution in [0.4, 0.5) is 11.4 Å². The van der Waals surface area contributed by atoms with Crippen LogP contribution in [0.5, 0.6) is 0 Å². The van der Waals surface area contributed by atoms with Crippen molar-refractivity contribution >= 4 is 55.0 Å². The molecule has 0 unspecified atom stereocenters. The molecule has 9 rings (SSSR count). The second-order valence-electron chi connectivity index (χ2n) is 12.3.